The Labute approximate surface area is 167 Å². The standard InChI is InChI=1S/C20H20N2O5S/c1-25-14-8-9-16(26-2)13(10-14)11-18-19(23)22(20(24)28-18)12-21-15-6-4-5-7-17(15)27-3/h4-11,21H,12H2,1-3H3/b18-11+. The van der Waals surface area contributed by atoms with Gasteiger partial charge in [0.05, 0.1) is 38.6 Å². The van der Waals surface area contributed by atoms with E-state index in [1.54, 1.807) is 51.7 Å². The lowest BCUT2D eigenvalue weighted by molar-refractivity contribution is -0.122. The van der Waals surface area contributed by atoms with Crippen molar-refractivity contribution in [2.75, 3.05) is 33.3 Å². The third-order valence-electron chi connectivity index (χ3n) is 4.13. The molecule has 2 aromatic rings. The molecule has 0 aromatic heterocycles. The lowest BCUT2D eigenvalue weighted by Crippen LogP contribution is -2.33. The first kappa shape index (κ1) is 19.6. The number of thioether (sulfide) groups is 1. The van der Waals surface area contributed by atoms with E-state index < -0.39 is 0 Å². The number of hydrogen-bond donors (Lipinski definition) is 1. The normalized spacial score (nSPS) is 15.1. The maximum absolute atomic E-state index is 12.7. The Hall–Kier alpha value is -3.13. The van der Waals surface area contributed by atoms with Crippen molar-refractivity contribution in [3.05, 3.63) is 52.9 Å². The van der Waals surface area contributed by atoms with Crippen LogP contribution in [0.25, 0.3) is 6.08 Å². The minimum Gasteiger partial charge on any atom is -0.497 e. The number of nitrogens with one attached hydrogen (secondary N) is 1. The van der Waals surface area contributed by atoms with Crippen LogP contribution in [0.2, 0.25) is 0 Å². The predicted molar refractivity (Wildman–Crippen MR) is 109 cm³/mol. The summed E-state index contributed by atoms with van der Waals surface area (Å²) in [6.07, 6.45) is 1.63. The molecule has 146 valence electrons. The van der Waals surface area contributed by atoms with Gasteiger partial charge in [-0.2, -0.15) is 0 Å². The number of ether oxygens (including phenoxy) is 3. The van der Waals surface area contributed by atoms with Crippen molar-refractivity contribution in [2.24, 2.45) is 0 Å². The number of carbonyl (C=O) groups excluding carboxylic acids is 2. The highest BCUT2D eigenvalue weighted by Crippen LogP contribution is 2.35. The van der Waals surface area contributed by atoms with Gasteiger partial charge >= 0.3 is 0 Å². The van der Waals surface area contributed by atoms with Gasteiger partial charge in [-0.05, 0) is 48.2 Å². The Morgan fingerprint density at radius 1 is 1.00 bits per heavy atom. The minimum absolute atomic E-state index is 0.0393. The number of anilines is 1. The van der Waals surface area contributed by atoms with Gasteiger partial charge in [-0.1, -0.05) is 12.1 Å². The monoisotopic (exact) mass is 400 g/mol. The highest BCUT2D eigenvalue weighted by atomic mass is 32.2. The van der Waals surface area contributed by atoms with Gasteiger partial charge in [-0.15, -0.1) is 0 Å². The maximum atomic E-state index is 12.7. The zero-order chi connectivity index (χ0) is 20.1. The summed E-state index contributed by atoms with van der Waals surface area (Å²) in [5.41, 5.74) is 1.35. The van der Waals surface area contributed by atoms with Crippen LogP contribution >= 0.6 is 11.8 Å². The molecule has 1 saturated heterocycles. The van der Waals surface area contributed by atoms with Gasteiger partial charge in [0.25, 0.3) is 11.1 Å². The van der Waals surface area contributed by atoms with Crippen molar-refractivity contribution in [3.8, 4) is 17.2 Å². The molecule has 2 aromatic carbocycles. The summed E-state index contributed by atoms with van der Waals surface area (Å²) in [5, 5.41) is 2.72. The van der Waals surface area contributed by atoms with Crippen LogP contribution in [-0.4, -0.2) is 44.0 Å². The average Bonchev–Trinajstić information content (AvgIpc) is 2.99. The predicted octanol–water partition coefficient (Wildman–Crippen LogP) is 3.82. The summed E-state index contributed by atoms with van der Waals surface area (Å²) < 4.78 is 15.8. The molecule has 1 aliphatic rings. The third-order valence-corrected chi connectivity index (χ3v) is 5.04. The summed E-state index contributed by atoms with van der Waals surface area (Å²) >= 11 is 0.885. The van der Waals surface area contributed by atoms with Gasteiger partial charge < -0.3 is 19.5 Å². The fraction of sp³-hybridized carbons (Fsp3) is 0.200. The van der Waals surface area contributed by atoms with E-state index >= 15 is 0 Å². The molecule has 28 heavy (non-hydrogen) atoms. The third kappa shape index (κ3) is 4.07. The summed E-state index contributed by atoms with van der Waals surface area (Å²) in [6, 6.07) is 12.6. The fourth-order valence-electron chi connectivity index (χ4n) is 2.68. The van der Waals surface area contributed by atoms with Crippen LogP contribution in [0.4, 0.5) is 10.5 Å². The minimum atomic E-state index is -0.373. The topological polar surface area (TPSA) is 77.1 Å². The Kier molecular flexibility index (Phi) is 6.10. The maximum Gasteiger partial charge on any atom is 0.295 e. The van der Waals surface area contributed by atoms with E-state index in [0.29, 0.717) is 33.4 Å². The summed E-state index contributed by atoms with van der Waals surface area (Å²) in [7, 11) is 4.66. The molecule has 7 nitrogen and oxygen atoms in total. The largest absolute Gasteiger partial charge is 0.497 e. The number of hydrogen-bond acceptors (Lipinski definition) is 7. The molecule has 1 aliphatic heterocycles. The van der Waals surface area contributed by atoms with Crippen LogP contribution in [0.5, 0.6) is 17.2 Å². The molecule has 0 unspecified atom stereocenters. The highest BCUT2D eigenvalue weighted by Gasteiger charge is 2.35. The fourth-order valence-corrected chi connectivity index (χ4v) is 3.51. The van der Waals surface area contributed by atoms with Crippen molar-refractivity contribution in [1.82, 2.24) is 4.90 Å². The van der Waals surface area contributed by atoms with Gasteiger partial charge in [-0.3, -0.25) is 14.5 Å². The lowest BCUT2D eigenvalue weighted by Gasteiger charge is -2.16. The molecular weight excluding hydrogens is 380 g/mol. The van der Waals surface area contributed by atoms with Crippen molar-refractivity contribution >= 4 is 34.7 Å². The Morgan fingerprint density at radius 3 is 2.46 bits per heavy atom. The average molecular weight is 400 g/mol. The zero-order valence-electron chi connectivity index (χ0n) is 15.7. The number of imide groups is 1. The quantitative estimate of drug-likeness (QED) is 0.708. The zero-order valence-corrected chi connectivity index (χ0v) is 16.5. The molecule has 1 N–H and O–H groups in total. The van der Waals surface area contributed by atoms with Gasteiger partial charge in [0.1, 0.15) is 17.2 Å². The second kappa shape index (κ2) is 8.71. The molecule has 1 fully saturated rings. The highest BCUT2D eigenvalue weighted by molar-refractivity contribution is 8.18. The van der Waals surface area contributed by atoms with Crippen molar-refractivity contribution in [2.45, 2.75) is 0 Å². The number of para-hydroxylation sites is 2. The van der Waals surface area contributed by atoms with E-state index in [0.717, 1.165) is 16.7 Å². The molecule has 3 rings (SSSR count). The van der Waals surface area contributed by atoms with Crippen LogP contribution < -0.4 is 19.5 Å². The molecule has 0 bridgehead atoms. The summed E-state index contributed by atoms with van der Waals surface area (Å²) in [6.45, 7) is 0.0393. The molecule has 1 heterocycles. The number of nitrogens with zero attached hydrogens (tertiary/aromatic N) is 1. The van der Waals surface area contributed by atoms with Gasteiger partial charge in [0, 0.05) is 5.56 Å². The van der Waals surface area contributed by atoms with Crippen molar-refractivity contribution < 1.29 is 23.8 Å². The van der Waals surface area contributed by atoms with E-state index in [-0.39, 0.29) is 17.8 Å². The Bertz CT molecular complexity index is 929. The lowest BCUT2D eigenvalue weighted by atomic mass is 10.1. The number of methoxy groups -OCH3 is 3. The van der Waals surface area contributed by atoms with Gasteiger partial charge in [-0.25, -0.2) is 0 Å². The molecule has 0 radical (unpaired) electrons. The number of benzene rings is 2. The molecule has 0 saturated carbocycles. The molecule has 0 spiro atoms. The van der Waals surface area contributed by atoms with E-state index in [4.69, 9.17) is 14.2 Å². The second-order valence-electron chi connectivity index (χ2n) is 5.75. The second-order valence-corrected chi connectivity index (χ2v) is 6.75. The van der Waals surface area contributed by atoms with Crippen LogP contribution in [0.3, 0.4) is 0 Å². The van der Waals surface area contributed by atoms with E-state index in [1.807, 2.05) is 18.2 Å². The molecule has 8 heteroatoms. The number of amides is 2. The van der Waals surface area contributed by atoms with Crippen LogP contribution in [0.1, 0.15) is 5.56 Å². The molecule has 0 aliphatic carbocycles. The van der Waals surface area contributed by atoms with E-state index in [1.165, 1.54) is 0 Å². The molecular formula is C20H20N2O5S. The molecule has 2 amide bonds. The van der Waals surface area contributed by atoms with E-state index in [9.17, 15) is 9.59 Å². The Morgan fingerprint density at radius 2 is 1.75 bits per heavy atom. The van der Waals surface area contributed by atoms with Crippen LogP contribution in [0.15, 0.2) is 47.4 Å². The summed E-state index contributed by atoms with van der Waals surface area (Å²) in [4.78, 5) is 26.5. The summed E-state index contributed by atoms with van der Waals surface area (Å²) in [5.74, 6) is 1.47. The van der Waals surface area contributed by atoms with Gasteiger partial charge in [0.15, 0.2) is 0 Å². The van der Waals surface area contributed by atoms with Crippen LogP contribution in [0, 0.1) is 0 Å². The van der Waals surface area contributed by atoms with Crippen molar-refractivity contribution in [1.29, 1.82) is 0 Å². The van der Waals surface area contributed by atoms with E-state index in [2.05, 4.69) is 5.32 Å². The number of rotatable bonds is 7. The smallest absolute Gasteiger partial charge is 0.295 e. The SMILES string of the molecule is COc1ccc(OC)c(/C=C2/SC(=O)N(CNc3ccccc3OC)C2=O)c1. The van der Waals surface area contributed by atoms with Crippen molar-refractivity contribution in [3.63, 3.8) is 0 Å². The first-order valence-electron chi connectivity index (χ1n) is 8.41. The molecule has 0 atom stereocenters. The van der Waals surface area contributed by atoms with Crippen LogP contribution in [-0.2, 0) is 4.79 Å². The van der Waals surface area contributed by atoms with Gasteiger partial charge in [0.2, 0.25) is 0 Å². The number of carbonyl (C=O) groups is 2. The first-order valence-corrected chi connectivity index (χ1v) is 9.23. The first-order chi connectivity index (χ1) is 13.6. The Balaban J connectivity index is 1.79.